The Balaban J connectivity index is 0.871. The first-order chi connectivity index (χ1) is 42.2. The van der Waals surface area contributed by atoms with Gasteiger partial charge in [-0.3, -0.25) is 33.3 Å². The molecule has 0 aliphatic heterocycles. The van der Waals surface area contributed by atoms with E-state index in [9.17, 15) is 38.7 Å². The minimum absolute atomic E-state index is 0.0493. The van der Waals surface area contributed by atoms with E-state index >= 15 is 0 Å². The van der Waals surface area contributed by atoms with Crippen molar-refractivity contribution in [2.75, 3.05) is 98.5 Å². The zero-order chi connectivity index (χ0) is 62.6. The molecule has 2 atom stereocenters. The summed E-state index contributed by atoms with van der Waals surface area (Å²) in [7, 11) is 1.47. The molecular formula is C61H82N10O16. The zero-order valence-electron chi connectivity index (χ0n) is 49.9. The summed E-state index contributed by atoms with van der Waals surface area (Å²) in [5.74, 6) is -2.60. The molecule has 0 saturated heterocycles. The molecule has 26 heteroatoms. The van der Waals surface area contributed by atoms with Crippen LogP contribution in [0.4, 0.5) is 5.82 Å². The van der Waals surface area contributed by atoms with E-state index in [2.05, 4.69) is 41.5 Å². The van der Waals surface area contributed by atoms with Crippen molar-refractivity contribution >= 4 is 64.5 Å². The number of ether oxygens (including phenoxy) is 8. The number of imidazole rings is 1. The van der Waals surface area contributed by atoms with Gasteiger partial charge in [0.1, 0.15) is 12.1 Å². The van der Waals surface area contributed by atoms with Crippen LogP contribution in [0.3, 0.4) is 0 Å². The van der Waals surface area contributed by atoms with Crippen molar-refractivity contribution in [3.05, 3.63) is 101 Å². The van der Waals surface area contributed by atoms with E-state index in [0.29, 0.717) is 107 Å². The van der Waals surface area contributed by atoms with Crippen molar-refractivity contribution in [3.8, 4) is 23.5 Å². The van der Waals surface area contributed by atoms with Gasteiger partial charge in [0.05, 0.1) is 73.1 Å². The SMILES string of the molecule is CCCCOc1nc(N)c2nc(O)n(Cc3ccc(C(=O)NCCCOCCOCCOCCCNC(=O)CCCOc4ccc(/C=C/C(=O)NCC(=O)N[C@@H](Cc5ccccc5)C(=O)N[C@H](CCC(=O)OCC)C(=O)OCC)cc4OC)cc3)c2n1. The lowest BCUT2D eigenvalue weighted by Gasteiger charge is -2.22. The maximum Gasteiger partial charge on any atom is 0.328 e. The third kappa shape index (κ3) is 25.3. The number of hydrogen-bond acceptors (Lipinski definition) is 20. The van der Waals surface area contributed by atoms with E-state index in [1.165, 1.54) is 23.8 Å². The van der Waals surface area contributed by atoms with Gasteiger partial charge >= 0.3 is 17.9 Å². The molecule has 0 spiro atoms. The molecule has 2 aromatic heterocycles. The fraction of sp³-hybridized carbons (Fsp3) is 0.475. The summed E-state index contributed by atoms with van der Waals surface area (Å²) in [6, 6.07) is 18.5. The highest BCUT2D eigenvalue weighted by atomic mass is 16.5. The number of nitrogens with two attached hydrogens (primary N) is 1. The summed E-state index contributed by atoms with van der Waals surface area (Å²) in [5, 5.41) is 24.0. The predicted octanol–water partition coefficient (Wildman–Crippen LogP) is 4.13. The number of nitrogens with one attached hydrogen (secondary N) is 5. The number of fused-ring (bicyclic) bond motifs is 1. The molecule has 0 aliphatic rings. The lowest BCUT2D eigenvalue weighted by atomic mass is 10.0. The fourth-order valence-corrected chi connectivity index (χ4v) is 8.25. The number of nitrogens with zero attached hydrogens (tertiary/aromatic N) is 4. The second-order valence-electron chi connectivity index (χ2n) is 19.5. The largest absolute Gasteiger partial charge is 0.493 e. The number of carbonyl (C=O) groups excluding carboxylic acids is 7. The molecule has 5 rings (SSSR count). The summed E-state index contributed by atoms with van der Waals surface area (Å²) in [4.78, 5) is 102. The maximum atomic E-state index is 13.5. The number of amides is 5. The van der Waals surface area contributed by atoms with Crippen molar-refractivity contribution in [1.82, 2.24) is 46.1 Å². The van der Waals surface area contributed by atoms with Crippen molar-refractivity contribution in [3.63, 3.8) is 0 Å². The monoisotopic (exact) mass is 1210 g/mol. The second-order valence-corrected chi connectivity index (χ2v) is 19.5. The molecular weight excluding hydrogens is 1130 g/mol. The molecule has 472 valence electrons. The van der Waals surface area contributed by atoms with Crippen molar-refractivity contribution < 1.29 is 76.6 Å². The van der Waals surface area contributed by atoms with E-state index < -0.39 is 48.3 Å². The van der Waals surface area contributed by atoms with Crippen LogP contribution in [-0.4, -0.2) is 171 Å². The quantitative estimate of drug-likeness (QED) is 0.0164. The average Bonchev–Trinajstić information content (AvgIpc) is 2.16. The second kappa shape index (κ2) is 38.9. The maximum absolute atomic E-state index is 13.5. The van der Waals surface area contributed by atoms with E-state index in [4.69, 9.17) is 43.6 Å². The van der Waals surface area contributed by atoms with Gasteiger partial charge in [0.15, 0.2) is 28.5 Å². The molecule has 26 nitrogen and oxygen atoms in total. The molecule has 87 heavy (non-hydrogen) atoms. The van der Waals surface area contributed by atoms with Crippen LogP contribution in [0, 0.1) is 0 Å². The van der Waals surface area contributed by atoms with Gasteiger partial charge in [0.25, 0.3) is 11.9 Å². The first-order valence-corrected chi connectivity index (χ1v) is 29.2. The number of rotatable bonds is 42. The minimum atomic E-state index is -1.17. The number of hydrogen-bond donors (Lipinski definition) is 7. The molecule has 0 unspecified atom stereocenters. The number of carbonyl (C=O) groups is 7. The molecule has 5 amide bonds. The van der Waals surface area contributed by atoms with Gasteiger partial charge in [-0.15, -0.1) is 0 Å². The van der Waals surface area contributed by atoms with Crippen molar-refractivity contribution in [1.29, 1.82) is 0 Å². The Bertz CT molecular complexity index is 3000. The lowest BCUT2D eigenvalue weighted by Crippen LogP contribution is -2.54. The van der Waals surface area contributed by atoms with Gasteiger partial charge < -0.3 is 75.3 Å². The van der Waals surface area contributed by atoms with Crippen molar-refractivity contribution in [2.24, 2.45) is 0 Å². The van der Waals surface area contributed by atoms with Crippen LogP contribution in [0.2, 0.25) is 0 Å². The summed E-state index contributed by atoms with van der Waals surface area (Å²) in [6.45, 7) is 9.32. The highest BCUT2D eigenvalue weighted by Gasteiger charge is 2.29. The third-order valence-corrected chi connectivity index (χ3v) is 12.8. The van der Waals surface area contributed by atoms with E-state index in [1.807, 2.05) is 6.92 Å². The van der Waals surface area contributed by atoms with Crippen LogP contribution in [0.25, 0.3) is 17.2 Å². The summed E-state index contributed by atoms with van der Waals surface area (Å²) in [6.07, 6.45) is 6.32. The van der Waals surface area contributed by atoms with Crippen LogP contribution in [0.15, 0.2) is 78.9 Å². The number of benzene rings is 3. The first kappa shape index (κ1) is 68.9. The first-order valence-electron chi connectivity index (χ1n) is 29.2. The number of unbranched alkanes of at least 4 members (excludes halogenated alkanes) is 1. The highest BCUT2D eigenvalue weighted by molar-refractivity contribution is 5.96. The van der Waals surface area contributed by atoms with Gasteiger partial charge in [-0.1, -0.05) is 61.9 Å². The van der Waals surface area contributed by atoms with Gasteiger partial charge in [0.2, 0.25) is 23.6 Å². The summed E-state index contributed by atoms with van der Waals surface area (Å²) >= 11 is 0. The van der Waals surface area contributed by atoms with Gasteiger partial charge in [0, 0.05) is 57.2 Å². The van der Waals surface area contributed by atoms with Gasteiger partial charge in [-0.25, -0.2) is 4.79 Å². The Morgan fingerprint density at radius 1 is 0.667 bits per heavy atom. The Kier molecular flexibility index (Phi) is 30.8. The Morgan fingerprint density at radius 2 is 1.36 bits per heavy atom. The summed E-state index contributed by atoms with van der Waals surface area (Å²) < 4.78 is 45.4. The van der Waals surface area contributed by atoms with Crippen LogP contribution in [-0.2, 0) is 65.4 Å². The van der Waals surface area contributed by atoms with Gasteiger partial charge in [-0.05, 0) is 93.0 Å². The van der Waals surface area contributed by atoms with E-state index in [0.717, 1.165) is 24.0 Å². The van der Waals surface area contributed by atoms with Crippen LogP contribution in [0.1, 0.15) is 99.2 Å². The number of methoxy groups -OCH3 is 1. The molecule has 0 fully saturated rings. The van der Waals surface area contributed by atoms with Crippen LogP contribution in [0.5, 0.6) is 23.5 Å². The molecule has 8 N–H and O–H groups in total. The molecule has 2 heterocycles. The molecule has 3 aromatic carbocycles. The number of aromatic nitrogens is 4. The molecule has 0 bridgehead atoms. The molecule has 0 radical (unpaired) electrons. The molecule has 5 aromatic rings. The topological polar surface area (TPSA) is 343 Å². The smallest absolute Gasteiger partial charge is 0.328 e. The average molecular weight is 1210 g/mol. The zero-order valence-corrected chi connectivity index (χ0v) is 49.9. The highest BCUT2D eigenvalue weighted by Crippen LogP contribution is 2.29. The summed E-state index contributed by atoms with van der Waals surface area (Å²) in [5.41, 5.74) is 9.30. The number of aromatic hydroxyl groups is 1. The van der Waals surface area contributed by atoms with E-state index in [1.54, 1.807) is 86.6 Å². The number of esters is 2. The predicted molar refractivity (Wildman–Crippen MR) is 321 cm³/mol. The standard InChI is InChI=1S/C61H82N10O16/c1-5-8-32-87-60-69-55(62)54-56(70-60)71(61(79)68-54)41-44-18-22-45(23-19-44)57(76)64-29-14-31-82-35-37-83-36-34-81-30-13-28-63-50(72)17-12-33-86-48-25-20-43(39-49(48)80-4)21-26-51(73)65-40-52(74)66-47(38-42-15-10-9-11-16-42)58(77)67-46(59(78)85-7-3)24-27-53(75)84-6-2/h9-11,15-16,18-23,25-26,39,46-47H,5-8,12-14,17,24,27-38,40-41H2,1-4H3,(H,63,72)(H,64,76)(H,65,73)(H,66,74)(H,67,77)(H,68,79)(H2,62,69,70)/b26-21+/t46-,47+/m1/s1. The van der Waals surface area contributed by atoms with E-state index in [-0.39, 0.29) is 87.2 Å². The third-order valence-electron chi connectivity index (χ3n) is 12.8. The molecule has 0 saturated carbocycles. The number of anilines is 1. The Morgan fingerprint density at radius 3 is 2.05 bits per heavy atom. The van der Waals surface area contributed by atoms with Crippen LogP contribution >= 0.6 is 0 Å². The Hall–Kier alpha value is -8.88. The number of nitrogen functional groups attached to an aromatic ring is 1. The minimum Gasteiger partial charge on any atom is -0.493 e. The van der Waals surface area contributed by atoms with Crippen molar-refractivity contribution in [2.45, 2.75) is 97.2 Å². The normalized spacial score (nSPS) is 11.8. The lowest BCUT2D eigenvalue weighted by molar-refractivity contribution is -0.149. The van der Waals surface area contributed by atoms with Gasteiger partial charge in [-0.2, -0.15) is 15.0 Å². The fourth-order valence-electron chi connectivity index (χ4n) is 8.25. The molecule has 0 aliphatic carbocycles. The Labute approximate surface area is 505 Å². The van der Waals surface area contributed by atoms with Crippen LogP contribution < -0.4 is 46.5 Å².